The Morgan fingerprint density at radius 2 is 1.12 bits per heavy atom. The van der Waals surface area contributed by atoms with Crippen LogP contribution in [0.5, 0.6) is 0 Å². The minimum atomic E-state index is 0.171. The predicted molar refractivity (Wildman–Crippen MR) is 219 cm³/mol. The summed E-state index contributed by atoms with van der Waals surface area (Å²) < 4.78 is 0. The zero-order valence-corrected chi connectivity index (χ0v) is 29.7. The van der Waals surface area contributed by atoms with Crippen molar-refractivity contribution in [1.29, 1.82) is 0 Å². The van der Waals surface area contributed by atoms with Gasteiger partial charge in [-0.2, -0.15) is 0 Å². The summed E-state index contributed by atoms with van der Waals surface area (Å²) in [7, 11) is 0. The van der Waals surface area contributed by atoms with Gasteiger partial charge in [-0.3, -0.25) is 0 Å². The fourth-order valence-corrected chi connectivity index (χ4v) is 8.00. The Bertz CT molecular complexity index is 2400. The Morgan fingerprint density at radius 3 is 1.74 bits per heavy atom. The number of hydrogen-bond acceptors (Lipinski definition) is 1. The van der Waals surface area contributed by atoms with Crippen molar-refractivity contribution < 1.29 is 0 Å². The zero-order chi connectivity index (χ0) is 34.1. The van der Waals surface area contributed by atoms with Gasteiger partial charge >= 0.3 is 0 Å². The lowest BCUT2D eigenvalue weighted by atomic mass is 9.83. The molecule has 1 heteroatoms. The molecule has 0 aliphatic heterocycles. The van der Waals surface area contributed by atoms with E-state index in [0.717, 1.165) is 6.42 Å². The van der Waals surface area contributed by atoms with Gasteiger partial charge in [-0.25, -0.2) is 0 Å². The summed E-state index contributed by atoms with van der Waals surface area (Å²) >= 11 is 1.83. The molecule has 0 spiro atoms. The Hall–Kier alpha value is -5.37. The van der Waals surface area contributed by atoms with E-state index >= 15 is 0 Å². The van der Waals surface area contributed by atoms with Gasteiger partial charge in [-0.05, 0) is 102 Å². The molecule has 0 heterocycles. The van der Waals surface area contributed by atoms with Gasteiger partial charge in [-0.1, -0.05) is 190 Å². The van der Waals surface area contributed by atoms with Gasteiger partial charge in [0.15, 0.2) is 0 Å². The number of allylic oxidation sites excluding steroid dienone is 4. The van der Waals surface area contributed by atoms with Gasteiger partial charge in [0.25, 0.3) is 0 Å². The molecule has 0 nitrogen and oxygen atoms in total. The lowest BCUT2D eigenvalue weighted by Crippen LogP contribution is -2.10. The van der Waals surface area contributed by atoms with Gasteiger partial charge in [0.1, 0.15) is 0 Å². The van der Waals surface area contributed by atoms with Crippen molar-refractivity contribution in [3.05, 3.63) is 191 Å². The van der Waals surface area contributed by atoms with Crippen LogP contribution in [0, 0.1) is 0 Å². The standard InChI is InChI=1S/C49H40S/c1-49(2,3)39-27-21-34(22-28-39)33-35-23-29-40(30-24-35)50-41-31-25-36(26-32-41)42-19-12-20-45-46(37-13-6-4-7-14-37)43-17-10-11-18-44(43)47(48(42)45)38-15-8-5-9-16-38/h4-23,25-33H,24H2,1-3H3. The molecular formula is C49H40S. The van der Waals surface area contributed by atoms with Gasteiger partial charge in [-0.15, -0.1) is 0 Å². The van der Waals surface area contributed by atoms with Gasteiger partial charge in [0, 0.05) is 9.80 Å². The van der Waals surface area contributed by atoms with Crippen molar-refractivity contribution in [2.75, 3.05) is 0 Å². The molecule has 0 N–H and O–H groups in total. The largest absolute Gasteiger partial charge is 0.0904 e. The minimum absolute atomic E-state index is 0.171. The number of benzene rings is 7. The van der Waals surface area contributed by atoms with Crippen LogP contribution in [-0.2, 0) is 5.41 Å². The van der Waals surface area contributed by atoms with Crippen LogP contribution >= 0.6 is 11.8 Å². The van der Waals surface area contributed by atoms with Crippen molar-refractivity contribution in [3.8, 4) is 33.4 Å². The topological polar surface area (TPSA) is 0 Å². The molecule has 0 atom stereocenters. The molecule has 8 rings (SSSR count). The highest BCUT2D eigenvalue weighted by atomic mass is 32.2. The Kier molecular flexibility index (Phi) is 8.61. The third kappa shape index (κ3) is 6.38. The molecule has 1 aliphatic rings. The molecule has 0 radical (unpaired) electrons. The maximum Gasteiger partial charge on any atom is 0.0122 e. The molecule has 50 heavy (non-hydrogen) atoms. The molecule has 7 aromatic rings. The van der Waals surface area contributed by atoms with E-state index in [9.17, 15) is 0 Å². The van der Waals surface area contributed by atoms with E-state index in [2.05, 4.69) is 197 Å². The fourth-order valence-electron chi connectivity index (χ4n) is 7.15. The lowest BCUT2D eigenvalue weighted by molar-refractivity contribution is 0.590. The van der Waals surface area contributed by atoms with Crippen LogP contribution in [0.2, 0.25) is 0 Å². The maximum atomic E-state index is 2.35. The van der Waals surface area contributed by atoms with Crippen LogP contribution in [0.3, 0.4) is 0 Å². The number of fused-ring (bicyclic) bond motifs is 2. The maximum absolute atomic E-state index is 2.35. The molecule has 0 fully saturated rings. The Balaban J connectivity index is 1.13. The summed E-state index contributed by atoms with van der Waals surface area (Å²) in [4.78, 5) is 2.53. The number of hydrogen-bond donors (Lipinski definition) is 0. The number of thioether (sulfide) groups is 1. The Morgan fingerprint density at radius 1 is 0.520 bits per heavy atom. The molecular weight excluding hydrogens is 621 g/mol. The fraction of sp³-hybridized carbons (Fsp3) is 0.102. The quantitative estimate of drug-likeness (QED) is 0.160. The van der Waals surface area contributed by atoms with Crippen molar-refractivity contribution in [2.45, 2.75) is 37.5 Å². The van der Waals surface area contributed by atoms with Gasteiger partial charge in [0.05, 0.1) is 0 Å². The van der Waals surface area contributed by atoms with Crippen LogP contribution in [0.15, 0.2) is 185 Å². The molecule has 0 saturated carbocycles. The molecule has 0 bridgehead atoms. The second kappa shape index (κ2) is 13.5. The van der Waals surface area contributed by atoms with Gasteiger partial charge < -0.3 is 0 Å². The summed E-state index contributed by atoms with van der Waals surface area (Å²) in [5.41, 5.74) is 11.7. The first-order chi connectivity index (χ1) is 24.4. The van der Waals surface area contributed by atoms with Crippen LogP contribution in [0.1, 0.15) is 38.3 Å². The van der Waals surface area contributed by atoms with Crippen molar-refractivity contribution >= 4 is 39.4 Å². The van der Waals surface area contributed by atoms with E-state index < -0.39 is 0 Å². The first-order valence-corrected chi connectivity index (χ1v) is 18.3. The van der Waals surface area contributed by atoms with Gasteiger partial charge in [0.2, 0.25) is 0 Å². The highest BCUT2D eigenvalue weighted by Crippen LogP contribution is 2.47. The second-order valence-electron chi connectivity index (χ2n) is 14.1. The van der Waals surface area contributed by atoms with Crippen molar-refractivity contribution in [3.63, 3.8) is 0 Å². The molecule has 0 saturated heterocycles. The summed E-state index contributed by atoms with van der Waals surface area (Å²) in [6.45, 7) is 6.78. The zero-order valence-electron chi connectivity index (χ0n) is 28.9. The first-order valence-electron chi connectivity index (χ1n) is 17.5. The molecule has 1 aliphatic carbocycles. The third-order valence-electron chi connectivity index (χ3n) is 9.70. The van der Waals surface area contributed by atoms with Crippen LogP contribution in [-0.4, -0.2) is 0 Å². The van der Waals surface area contributed by atoms with E-state index in [1.807, 2.05) is 11.8 Å². The molecule has 0 amide bonds. The average molecular weight is 661 g/mol. The number of rotatable bonds is 6. The first kappa shape index (κ1) is 31.9. The van der Waals surface area contributed by atoms with E-state index in [1.165, 1.54) is 81.4 Å². The highest BCUT2D eigenvalue weighted by Gasteiger charge is 2.19. The van der Waals surface area contributed by atoms with Crippen LogP contribution in [0.25, 0.3) is 61.0 Å². The van der Waals surface area contributed by atoms with E-state index in [1.54, 1.807) is 0 Å². The summed E-state index contributed by atoms with van der Waals surface area (Å²) in [6.07, 6.45) is 10.1. The smallest absolute Gasteiger partial charge is 0.0122 e. The Labute approximate surface area is 300 Å². The normalized spacial score (nSPS) is 14.0. The van der Waals surface area contributed by atoms with E-state index in [4.69, 9.17) is 0 Å². The van der Waals surface area contributed by atoms with Crippen LogP contribution < -0.4 is 0 Å². The molecule has 7 aromatic carbocycles. The third-order valence-corrected chi connectivity index (χ3v) is 10.8. The monoisotopic (exact) mass is 660 g/mol. The van der Waals surface area contributed by atoms with Crippen LogP contribution in [0.4, 0.5) is 0 Å². The summed E-state index contributed by atoms with van der Waals surface area (Å²) in [5.74, 6) is 0. The minimum Gasteiger partial charge on any atom is -0.0904 e. The lowest BCUT2D eigenvalue weighted by Gasteiger charge is -2.20. The molecule has 0 unspecified atom stereocenters. The van der Waals surface area contributed by atoms with E-state index in [0.29, 0.717) is 0 Å². The summed E-state index contributed by atoms with van der Waals surface area (Å²) in [6, 6.07) is 55.6. The highest BCUT2D eigenvalue weighted by molar-refractivity contribution is 8.03. The predicted octanol–water partition coefficient (Wildman–Crippen LogP) is 14.3. The molecule has 0 aromatic heterocycles. The van der Waals surface area contributed by atoms with E-state index in [-0.39, 0.29) is 5.41 Å². The SMILES string of the molecule is CC(C)(C)c1ccc(C=C2C=CC(Sc3ccc(-c4cccc5c(-c6ccccc6)c6ccccc6c(-c6ccccc6)c45)cc3)=CC2)cc1. The summed E-state index contributed by atoms with van der Waals surface area (Å²) in [5, 5.41) is 5.12. The second-order valence-corrected chi connectivity index (χ2v) is 15.3. The molecule has 242 valence electrons. The van der Waals surface area contributed by atoms with Crippen molar-refractivity contribution in [2.24, 2.45) is 0 Å². The van der Waals surface area contributed by atoms with Crippen molar-refractivity contribution in [1.82, 2.24) is 0 Å². The average Bonchev–Trinajstić information content (AvgIpc) is 3.15.